The van der Waals surface area contributed by atoms with E-state index < -0.39 is 5.60 Å². The Morgan fingerprint density at radius 2 is 1.97 bits per heavy atom. The smallest absolute Gasteiger partial charge is 0.410 e. The lowest BCUT2D eigenvalue weighted by atomic mass is 9.92. The maximum absolute atomic E-state index is 12.3. The minimum atomic E-state index is -0.489. The van der Waals surface area contributed by atoms with Crippen molar-refractivity contribution in [2.24, 2.45) is 10.9 Å². The van der Waals surface area contributed by atoms with E-state index in [1.165, 1.54) is 0 Å². The SMILES string of the molecule is C#CCOC[C@@H]1CCC=C1C(=C)C(=NC)OC1CCC(N(C)C(=O)OC(C)(C)C)CC1. The van der Waals surface area contributed by atoms with E-state index in [0.717, 1.165) is 49.7 Å². The van der Waals surface area contributed by atoms with E-state index in [-0.39, 0.29) is 24.2 Å². The van der Waals surface area contributed by atoms with Crippen LogP contribution in [0, 0.1) is 18.3 Å². The van der Waals surface area contributed by atoms with Crippen molar-refractivity contribution in [3.8, 4) is 12.3 Å². The Morgan fingerprint density at radius 1 is 1.29 bits per heavy atom. The first-order chi connectivity index (χ1) is 14.7. The Labute approximate surface area is 187 Å². The number of amides is 1. The molecule has 1 amide bonds. The van der Waals surface area contributed by atoms with Crippen molar-refractivity contribution in [3.63, 3.8) is 0 Å². The summed E-state index contributed by atoms with van der Waals surface area (Å²) in [7, 11) is 3.55. The van der Waals surface area contributed by atoms with Crippen LogP contribution in [0.1, 0.15) is 59.3 Å². The first-order valence-corrected chi connectivity index (χ1v) is 11.2. The van der Waals surface area contributed by atoms with Crippen LogP contribution < -0.4 is 0 Å². The average Bonchev–Trinajstić information content (AvgIpc) is 3.19. The lowest BCUT2D eigenvalue weighted by Gasteiger charge is -2.35. The Hall–Kier alpha value is -2.26. The summed E-state index contributed by atoms with van der Waals surface area (Å²) < 4.78 is 17.3. The molecule has 6 heteroatoms. The van der Waals surface area contributed by atoms with E-state index in [9.17, 15) is 4.79 Å². The van der Waals surface area contributed by atoms with Crippen LogP contribution in [0.15, 0.2) is 28.8 Å². The summed E-state index contributed by atoms with van der Waals surface area (Å²) in [4.78, 5) is 18.4. The molecule has 1 fully saturated rings. The molecule has 172 valence electrons. The van der Waals surface area contributed by atoms with E-state index >= 15 is 0 Å². The predicted molar refractivity (Wildman–Crippen MR) is 124 cm³/mol. The number of hydrogen-bond donors (Lipinski definition) is 0. The summed E-state index contributed by atoms with van der Waals surface area (Å²) in [6.45, 7) is 10.8. The van der Waals surface area contributed by atoms with E-state index in [1.54, 1.807) is 11.9 Å². The third kappa shape index (κ3) is 7.43. The van der Waals surface area contributed by atoms with E-state index in [0.29, 0.717) is 19.1 Å². The van der Waals surface area contributed by atoms with E-state index in [4.69, 9.17) is 20.6 Å². The second kappa shape index (κ2) is 11.4. The highest BCUT2D eigenvalue weighted by atomic mass is 16.6. The largest absolute Gasteiger partial charge is 0.474 e. The minimum Gasteiger partial charge on any atom is -0.474 e. The molecule has 1 saturated carbocycles. The molecule has 6 nitrogen and oxygen atoms in total. The third-order valence-corrected chi connectivity index (χ3v) is 5.78. The second-order valence-corrected chi connectivity index (χ2v) is 9.30. The molecule has 2 aliphatic carbocycles. The highest BCUT2D eigenvalue weighted by molar-refractivity contribution is 5.97. The van der Waals surface area contributed by atoms with Crippen LogP contribution in [-0.2, 0) is 14.2 Å². The van der Waals surface area contributed by atoms with Crippen LogP contribution in [0.3, 0.4) is 0 Å². The van der Waals surface area contributed by atoms with Crippen LogP contribution >= 0.6 is 0 Å². The van der Waals surface area contributed by atoms with Crippen molar-refractivity contribution < 1.29 is 19.0 Å². The summed E-state index contributed by atoms with van der Waals surface area (Å²) in [5, 5.41) is 0. The summed E-state index contributed by atoms with van der Waals surface area (Å²) >= 11 is 0. The fraction of sp³-hybridized carbons (Fsp3) is 0.680. The number of carbonyl (C=O) groups is 1. The number of hydrogen-bond acceptors (Lipinski definition) is 5. The lowest BCUT2D eigenvalue weighted by molar-refractivity contribution is 0.0132. The van der Waals surface area contributed by atoms with Crippen molar-refractivity contribution >= 4 is 12.0 Å². The molecular weight excluding hydrogens is 392 g/mol. The van der Waals surface area contributed by atoms with Gasteiger partial charge in [0, 0.05) is 31.6 Å². The zero-order valence-electron chi connectivity index (χ0n) is 19.8. The van der Waals surface area contributed by atoms with Crippen LogP contribution in [0.5, 0.6) is 0 Å². The Kier molecular flexibility index (Phi) is 9.18. The average molecular weight is 431 g/mol. The quantitative estimate of drug-likeness (QED) is 0.253. The maximum Gasteiger partial charge on any atom is 0.410 e. The van der Waals surface area contributed by atoms with Crippen molar-refractivity contribution in [2.75, 3.05) is 27.3 Å². The minimum absolute atomic E-state index is 0.0666. The number of aliphatic imine (C=N–C) groups is 1. The zero-order chi connectivity index (χ0) is 23.0. The lowest BCUT2D eigenvalue weighted by Crippen LogP contribution is -2.43. The molecule has 0 bridgehead atoms. The molecule has 0 radical (unpaired) electrons. The number of carbonyl (C=O) groups excluding carboxylic acids is 1. The van der Waals surface area contributed by atoms with E-state index in [2.05, 4.69) is 23.6 Å². The van der Waals surface area contributed by atoms with Gasteiger partial charge < -0.3 is 19.1 Å². The molecule has 1 atom stereocenters. The monoisotopic (exact) mass is 430 g/mol. The van der Waals surface area contributed by atoms with Gasteiger partial charge in [0.15, 0.2) is 0 Å². The summed E-state index contributed by atoms with van der Waals surface area (Å²) in [5.74, 6) is 3.38. The van der Waals surface area contributed by atoms with Gasteiger partial charge in [0.05, 0.1) is 6.61 Å². The number of terminal acetylenes is 1. The van der Waals surface area contributed by atoms with Crippen LogP contribution in [0.2, 0.25) is 0 Å². The van der Waals surface area contributed by atoms with Crippen LogP contribution in [0.4, 0.5) is 4.79 Å². The molecule has 0 aliphatic heterocycles. The zero-order valence-corrected chi connectivity index (χ0v) is 19.8. The third-order valence-electron chi connectivity index (χ3n) is 5.78. The first kappa shape index (κ1) is 25.0. The number of allylic oxidation sites excluding steroid dienone is 1. The number of ether oxygens (including phenoxy) is 3. The second-order valence-electron chi connectivity index (χ2n) is 9.30. The predicted octanol–water partition coefficient (Wildman–Crippen LogP) is 4.75. The van der Waals surface area contributed by atoms with Gasteiger partial charge in [0.25, 0.3) is 0 Å². The molecule has 2 aliphatic rings. The van der Waals surface area contributed by atoms with Crippen molar-refractivity contribution in [2.45, 2.75) is 77.0 Å². The molecule has 0 N–H and O–H groups in total. The van der Waals surface area contributed by atoms with Gasteiger partial charge in [-0.2, -0.15) is 0 Å². The Morgan fingerprint density at radius 3 is 2.55 bits per heavy atom. The molecule has 0 aromatic heterocycles. The van der Waals surface area contributed by atoms with Gasteiger partial charge in [-0.3, -0.25) is 4.99 Å². The summed E-state index contributed by atoms with van der Waals surface area (Å²) in [6.07, 6.45) is 12.8. The number of rotatable bonds is 7. The molecule has 0 aromatic carbocycles. The van der Waals surface area contributed by atoms with Gasteiger partial charge in [-0.1, -0.05) is 18.6 Å². The van der Waals surface area contributed by atoms with Crippen LogP contribution in [0.25, 0.3) is 0 Å². The highest BCUT2D eigenvalue weighted by Crippen LogP contribution is 2.33. The molecule has 0 heterocycles. The van der Waals surface area contributed by atoms with Gasteiger partial charge in [-0.25, -0.2) is 4.79 Å². The van der Waals surface area contributed by atoms with Crippen molar-refractivity contribution in [1.29, 1.82) is 0 Å². The van der Waals surface area contributed by atoms with Crippen molar-refractivity contribution in [1.82, 2.24) is 4.90 Å². The Balaban J connectivity index is 1.87. The van der Waals surface area contributed by atoms with Gasteiger partial charge in [-0.05, 0) is 64.9 Å². The summed E-state index contributed by atoms with van der Waals surface area (Å²) in [6, 6.07) is 0.162. The molecule has 0 spiro atoms. The standard InChI is InChI=1S/C25H38N2O4/c1-8-16-29-17-19-10-9-11-22(19)18(2)23(26-6)30-21-14-12-20(13-15-21)27(7)24(28)31-25(3,4)5/h1,11,19-21H,2,9-10,12-17H2,3-7H3/t19-,20?,21?/m0/s1. The van der Waals surface area contributed by atoms with E-state index in [1.807, 2.05) is 27.8 Å². The molecule has 0 unspecified atom stereocenters. The van der Waals surface area contributed by atoms with Gasteiger partial charge in [-0.15, -0.1) is 6.42 Å². The van der Waals surface area contributed by atoms with Gasteiger partial charge in [0.1, 0.15) is 18.3 Å². The summed E-state index contributed by atoms with van der Waals surface area (Å²) in [5.41, 5.74) is 1.50. The van der Waals surface area contributed by atoms with Crippen molar-refractivity contribution in [3.05, 3.63) is 23.8 Å². The normalized spacial score (nSPS) is 24.2. The molecule has 0 saturated heterocycles. The Bertz CT molecular complexity index is 734. The number of nitrogens with zero attached hydrogens (tertiary/aromatic N) is 2. The highest BCUT2D eigenvalue weighted by Gasteiger charge is 2.31. The molecule has 31 heavy (non-hydrogen) atoms. The topological polar surface area (TPSA) is 60.4 Å². The maximum atomic E-state index is 12.3. The molecular formula is C25H38N2O4. The fourth-order valence-corrected chi connectivity index (χ4v) is 4.14. The first-order valence-electron chi connectivity index (χ1n) is 11.2. The van der Waals surface area contributed by atoms with Crippen LogP contribution in [-0.4, -0.2) is 61.9 Å². The molecule has 0 aromatic rings. The van der Waals surface area contributed by atoms with Gasteiger partial charge >= 0.3 is 6.09 Å². The fourth-order valence-electron chi connectivity index (χ4n) is 4.14. The van der Waals surface area contributed by atoms with Gasteiger partial charge in [0.2, 0.25) is 5.90 Å². The molecule has 2 rings (SSSR count).